The predicted molar refractivity (Wildman–Crippen MR) is 75.5 cm³/mol. The van der Waals surface area contributed by atoms with E-state index in [-0.39, 0.29) is 21.6 Å². The predicted octanol–water partition coefficient (Wildman–Crippen LogP) is 3.42. The third kappa shape index (κ3) is 1.97. The lowest BCUT2D eigenvalue weighted by Gasteiger charge is -2.40. The first kappa shape index (κ1) is 14.5. The molecule has 5 heteroatoms. The van der Waals surface area contributed by atoms with Crippen molar-refractivity contribution < 1.29 is 14.8 Å². The van der Waals surface area contributed by atoms with Crippen molar-refractivity contribution in [3.05, 3.63) is 38.4 Å². The summed E-state index contributed by atoms with van der Waals surface area (Å²) in [5.41, 5.74) is 1.17. The molecule has 0 aromatic heterocycles. The Hall–Kier alpha value is -1.91. The molecule has 1 aliphatic rings. The number of hydrogen-bond donors (Lipinski definition) is 1. The Bertz CT molecular complexity index is 624. The van der Waals surface area contributed by atoms with E-state index in [1.165, 1.54) is 6.07 Å². The van der Waals surface area contributed by atoms with Gasteiger partial charge in [-0.05, 0) is 23.5 Å². The molecule has 0 aliphatic heterocycles. The maximum atomic E-state index is 11.5. The normalized spacial score (nSPS) is 16.2. The fourth-order valence-corrected chi connectivity index (χ4v) is 3.00. The highest BCUT2D eigenvalue weighted by Crippen LogP contribution is 2.50. The number of fused-ring (bicyclic) bond motifs is 1. The average molecular weight is 277 g/mol. The molecule has 108 valence electrons. The van der Waals surface area contributed by atoms with Gasteiger partial charge in [-0.2, -0.15) is 0 Å². The molecule has 0 spiro atoms. The number of nitro groups is 1. The molecule has 2 rings (SSSR count). The summed E-state index contributed by atoms with van der Waals surface area (Å²) in [6.07, 6.45) is 0.565. The van der Waals surface area contributed by atoms with Gasteiger partial charge in [-0.15, -0.1) is 0 Å². The summed E-state index contributed by atoms with van der Waals surface area (Å²) in [4.78, 5) is 22.5. The second kappa shape index (κ2) is 4.04. The molecule has 0 radical (unpaired) electrons. The Morgan fingerprint density at radius 1 is 1.40 bits per heavy atom. The van der Waals surface area contributed by atoms with Crippen LogP contribution in [0.2, 0.25) is 0 Å². The number of carbonyl (C=O) groups is 1. The van der Waals surface area contributed by atoms with Gasteiger partial charge in [-0.1, -0.05) is 34.6 Å². The summed E-state index contributed by atoms with van der Waals surface area (Å²) in [6.45, 7) is 9.41. The van der Waals surface area contributed by atoms with Gasteiger partial charge in [-0.3, -0.25) is 10.1 Å². The smallest absolute Gasteiger partial charge is 0.335 e. The van der Waals surface area contributed by atoms with Gasteiger partial charge in [0.1, 0.15) is 0 Å². The Balaban J connectivity index is 2.89. The van der Waals surface area contributed by atoms with Crippen LogP contribution < -0.4 is 0 Å². The van der Waals surface area contributed by atoms with Gasteiger partial charge in [0.2, 0.25) is 0 Å². The zero-order chi connectivity index (χ0) is 15.5. The SMILES string of the molecule is CC(C)(C)c1cc(C(=O)O)c2c(c1[N+](=O)[O-])C(C)(C)C2. The van der Waals surface area contributed by atoms with E-state index >= 15 is 0 Å². The Kier molecular flexibility index (Phi) is 2.93. The van der Waals surface area contributed by atoms with Gasteiger partial charge in [0, 0.05) is 16.5 Å². The van der Waals surface area contributed by atoms with Crippen molar-refractivity contribution >= 4 is 11.7 Å². The van der Waals surface area contributed by atoms with Gasteiger partial charge in [-0.25, -0.2) is 4.79 Å². The van der Waals surface area contributed by atoms with Crippen LogP contribution in [0.3, 0.4) is 0 Å². The summed E-state index contributed by atoms with van der Waals surface area (Å²) in [7, 11) is 0. The van der Waals surface area contributed by atoms with E-state index in [1.54, 1.807) is 0 Å². The molecule has 0 fully saturated rings. The van der Waals surface area contributed by atoms with Crippen LogP contribution in [0.15, 0.2) is 6.07 Å². The van der Waals surface area contributed by atoms with Crippen LogP contribution in [0.25, 0.3) is 0 Å². The topological polar surface area (TPSA) is 80.4 Å². The number of hydrogen-bond acceptors (Lipinski definition) is 3. The van der Waals surface area contributed by atoms with Crippen LogP contribution in [0.4, 0.5) is 5.69 Å². The third-order valence-electron chi connectivity index (χ3n) is 3.92. The summed E-state index contributed by atoms with van der Waals surface area (Å²) < 4.78 is 0. The largest absolute Gasteiger partial charge is 0.478 e. The van der Waals surface area contributed by atoms with Crippen molar-refractivity contribution in [3.63, 3.8) is 0 Å². The molecule has 1 N–H and O–H groups in total. The molecule has 20 heavy (non-hydrogen) atoms. The zero-order valence-corrected chi connectivity index (χ0v) is 12.4. The molecule has 0 bridgehead atoms. The van der Waals surface area contributed by atoms with E-state index in [0.29, 0.717) is 23.1 Å². The van der Waals surface area contributed by atoms with Crippen molar-refractivity contribution in [1.29, 1.82) is 0 Å². The average Bonchev–Trinajstić information content (AvgIpc) is 2.24. The molecule has 5 nitrogen and oxygen atoms in total. The van der Waals surface area contributed by atoms with Crippen LogP contribution in [0.1, 0.15) is 61.7 Å². The van der Waals surface area contributed by atoms with Crippen molar-refractivity contribution in [1.82, 2.24) is 0 Å². The first-order chi connectivity index (χ1) is 8.97. The molecule has 1 aromatic carbocycles. The lowest BCUT2D eigenvalue weighted by molar-refractivity contribution is -0.387. The number of rotatable bonds is 2. The van der Waals surface area contributed by atoms with E-state index in [1.807, 2.05) is 34.6 Å². The second-order valence-corrected chi connectivity index (χ2v) is 7.05. The monoisotopic (exact) mass is 277 g/mol. The molecule has 0 saturated carbocycles. The minimum atomic E-state index is -1.02. The number of benzene rings is 1. The highest BCUT2D eigenvalue weighted by atomic mass is 16.6. The van der Waals surface area contributed by atoms with Crippen molar-refractivity contribution in [3.8, 4) is 0 Å². The maximum Gasteiger partial charge on any atom is 0.335 e. The molecule has 1 aromatic rings. The standard InChI is InChI=1S/C15H19NO4/c1-14(2,3)10-6-8(13(17)18)9-7-15(4,5)11(9)12(10)16(19)20/h6H,7H2,1-5H3,(H,17,18). The zero-order valence-electron chi connectivity index (χ0n) is 12.4. The van der Waals surface area contributed by atoms with Gasteiger partial charge >= 0.3 is 5.97 Å². The Labute approximate surface area is 117 Å². The van der Waals surface area contributed by atoms with E-state index in [0.717, 1.165) is 0 Å². The molecular weight excluding hydrogens is 258 g/mol. The highest BCUT2D eigenvalue weighted by Gasteiger charge is 2.46. The van der Waals surface area contributed by atoms with E-state index in [2.05, 4.69) is 0 Å². The molecule has 0 saturated heterocycles. The fourth-order valence-electron chi connectivity index (χ4n) is 3.00. The lowest BCUT2D eigenvalue weighted by Crippen LogP contribution is -2.37. The van der Waals surface area contributed by atoms with Crippen LogP contribution in [-0.4, -0.2) is 16.0 Å². The summed E-state index contributed by atoms with van der Waals surface area (Å²) >= 11 is 0. The van der Waals surface area contributed by atoms with Crippen molar-refractivity contribution in [2.24, 2.45) is 0 Å². The van der Waals surface area contributed by atoms with Crippen LogP contribution >= 0.6 is 0 Å². The molecule has 0 heterocycles. The van der Waals surface area contributed by atoms with E-state index < -0.39 is 11.4 Å². The molecule has 0 amide bonds. The number of carboxylic acids is 1. The number of carboxylic acid groups (broad SMARTS) is 1. The van der Waals surface area contributed by atoms with E-state index in [4.69, 9.17) is 0 Å². The van der Waals surface area contributed by atoms with Crippen molar-refractivity contribution in [2.75, 3.05) is 0 Å². The summed E-state index contributed by atoms with van der Waals surface area (Å²) in [6, 6.07) is 1.48. The lowest BCUT2D eigenvalue weighted by atomic mass is 9.62. The summed E-state index contributed by atoms with van der Waals surface area (Å²) in [5.74, 6) is -1.02. The molecule has 1 aliphatic carbocycles. The van der Waals surface area contributed by atoms with Crippen molar-refractivity contribution in [2.45, 2.75) is 51.9 Å². The minimum Gasteiger partial charge on any atom is -0.478 e. The van der Waals surface area contributed by atoms with E-state index in [9.17, 15) is 20.0 Å². The van der Waals surface area contributed by atoms with Crippen LogP contribution in [0.5, 0.6) is 0 Å². The second-order valence-electron chi connectivity index (χ2n) is 7.05. The Morgan fingerprint density at radius 3 is 2.30 bits per heavy atom. The summed E-state index contributed by atoms with van der Waals surface area (Å²) in [5, 5.41) is 20.8. The molecule has 0 atom stereocenters. The van der Waals surface area contributed by atoms with Gasteiger partial charge < -0.3 is 5.11 Å². The van der Waals surface area contributed by atoms with Crippen LogP contribution in [0, 0.1) is 10.1 Å². The number of nitro benzene ring substituents is 1. The number of aromatic carboxylic acids is 1. The van der Waals surface area contributed by atoms with Crippen LogP contribution in [-0.2, 0) is 17.3 Å². The van der Waals surface area contributed by atoms with Gasteiger partial charge in [0.25, 0.3) is 5.69 Å². The first-order valence-electron chi connectivity index (χ1n) is 6.55. The third-order valence-corrected chi connectivity index (χ3v) is 3.92. The minimum absolute atomic E-state index is 0.0914. The Morgan fingerprint density at radius 2 is 1.95 bits per heavy atom. The first-order valence-corrected chi connectivity index (χ1v) is 6.55. The molecular formula is C15H19NO4. The fraction of sp³-hybridized carbons (Fsp3) is 0.533. The highest BCUT2D eigenvalue weighted by molar-refractivity contribution is 5.92. The molecule has 0 unspecified atom stereocenters. The maximum absolute atomic E-state index is 11.5. The number of nitrogens with zero attached hydrogens (tertiary/aromatic N) is 1. The van der Waals surface area contributed by atoms with Gasteiger partial charge in [0.05, 0.1) is 10.5 Å². The quantitative estimate of drug-likeness (QED) is 0.663. The van der Waals surface area contributed by atoms with Gasteiger partial charge in [0.15, 0.2) is 0 Å².